The Kier molecular flexibility index (Phi) is 44.7. The van der Waals surface area contributed by atoms with Gasteiger partial charge in [0.2, 0.25) is 0 Å². The molecule has 356 valence electrons. The smallest absolute Gasteiger partial charge is 0.462 e. The molecule has 0 spiro atoms. The first-order valence-electron chi connectivity index (χ1n) is 25.1. The lowest BCUT2D eigenvalue weighted by molar-refractivity contribution is -0.161. The number of rotatable bonds is 48. The molecule has 0 aromatic heterocycles. The summed E-state index contributed by atoms with van der Waals surface area (Å²) in [5.74, 6) is -0.914. The molecule has 0 aliphatic rings. The molecule has 3 atom stereocenters. The van der Waals surface area contributed by atoms with Crippen LogP contribution in [0.15, 0.2) is 12.2 Å². The molecule has 0 aliphatic heterocycles. The number of unbranched alkanes of at least 4 members (excludes halogenated alkanes) is 32. The van der Waals surface area contributed by atoms with Crippen LogP contribution in [0.3, 0.4) is 0 Å². The maximum Gasteiger partial charge on any atom is 0.472 e. The Morgan fingerprint density at radius 3 is 1.20 bits per heavy atom. The van der Waals surface area contributed by atoms with Crippen molar-refractivity contribution >= 4 is 19.8 Å². The van der Waals surface area contributed by atoms with Gasteiger partial charge >= 0.3 is 19.8 Å². The van der Waals surface area contributed by atoms with Crippen molar-refractivity contribution < 1.29 is 47.8 Å². The highest BCUT2D eigenvalue weighted by Crippen LogP contribution is 2.43. The zero-order valence-corrected chi connectivity index (χ0v) is 39.8. The summed E-state index contributed by atoms with van der Waals surface area (Å²) in [4.78, 5) is 35.1. The molecule has 0 bridgehead atoms. The van der Waals surface area contributed by atoms with Crippen molar-refractivity contribution in [2.45, 2.75) is 264 Å². The van der Waals surface area contributed by atoms with E-state index in [1.807, 2.05) is 0 Å². The number of hydrogen-bond donors (Lipinski definition) is 3. The first-order valence-corrected chi connectivity index (χ1v) is 26.6. The van der Waals surface area contributed by atoms with Crippen LogP contribution in [0.25, 0.3) is 0 Å². The normalized spacial score (nSPS) is 13.8. The van der Waals surface area contributed by atoms with Gasteiger partial charge in [0.1, 0.15) is 12.7 Å². The molecule has 0 saturated heterocycles. The van der Waals surface area contributed by atoms with E-state index in [-0.39, 0.29) is 19.4 Å². The molecule has 0 fully saturated rings. The summed E-state index contributed by atoms with van der Waals surface area (Å²) in [6.45, 7) is 2.43. The van der Waals surface area contributed by atoms with Gasteiger partial charge in [-0.25, -0.2) is 4.57 Å². The van der Waals surface area contributed by atoms with Gasteiger partial charge < -0.3 is 24.6 Å². The molecule has 0 saturated carbocycles. The van der Waals surface area contributed by atoms with Gasteiger partial charge in [0.15, 0.2) is 6.10 Å². The van der Waals surface area contributed by atoms with Crippen LogP contribution in [0.5, 0.6) is 0 Å². The van der Waals surface area contributed by atoms with Crippen LogP contribution in [0.2, 0.25) is 0 Å². The van der Waals surface area contributed by atoms with Crippen LogP contribution in [0.4, 0.5) is 0 Å². The highest BCUT2D eigenvalue weighted by Gasteiger charge is 2.27. The molecule has 3 N–H and O–H groups in total. The highest BCUT2D eigenvalue weighted by molar-refractivity contribution is 7.47. The second-order valence-corrected chi connectivity index (χ2v) is 18.7. The third kappa shape index (κ3) is 44.8. The number of aliphatic hydroxyl groups excluding tert-OH is 2. The number of esters is 2. The Bertz CT molecular complexity index is 1010. The third-order valence-corrected chi connectivity index (χ3v) is 12.1. The molecule has 0 rings (SSSR count). The zero-order valence-electron chi connectivity index (χ0n) is 38.9. The summed E-state index contributed by atoms with van der Waals surface area (Å²) in [7, 11) is -4.62. The summed E-state index contributed by atoms with van der Waals surface area (Å²) < 4.78 is 32.9. The quantitative estimate of drug-likeness (QED) is 0.0233. The third-order valence-electron chi connectivity index (χ3n) is 11.2. The van der Waals surface area contributed by atoms with Crippen LogP contribution in [-0.2, 0) is 32.7 Å². The van der Waals surface area contributed by atoms with Gasteiger partial charge in [0, 0.05) is 12.8 Å². The van der Waals surface area contributed by atoms with E-state index in [1.165, 1.54) is 173 Å². The average molecular weight is 875 g/mol. The second-order valence-electron chi connectivity index (χ2n) is 17.2. The minimum absolute atomic E-state index is 0.184. The van der Waals surface area contributed by atoms with Crippen LogP contribution < -0.4 is 0 Å². The number of carbonyl (C=O) groups is 2. The van der Waals surface area contributed by atoms with Gasteiger partial charge in [-0.3, -0.25) is 18.6 Å². The molecule has 0 amide bonds. The van der Waals surface area contributed by atoms with Crippen LogP contribution in [0, 0.1) is 0 Å². The van der Waals surface area contributed by atoms with Crippen molar-refractivity contribution in [3.05, 3.63) is 12.2 Å². The summed E-state index contributed by atoms with van der Waals surface area (Å²) in [5, 5.41) is 18.4. The van der Waals surface area contributed by atoms with E-state index < -0.39 is 51.8 Å². The van der Waals surface area contributed by atoms with E-state index in [0.29, 0.717) is 12.8 Å². The lowest BCUT2D eigenvalue weighted by Gasteiger charge is -2.20. The monoisotopic (exact) mass is 875 g/mol. The lowest BCUT2D eigenvalue weighted by Crippen LogP contribution is -2.29. The minimum atomic E-state index is -4.62. The van der Waals surface area contributed by atoms with E-state index in [0.717, 1.165) is 38.5 Å². The first kappa shape index (κ1) is 58.7. The molecule has 0 aliphatic carbocycles. The van der Waals surface area contributed by atoms with Gasteiger partial charge in [-0.05, 0) is 38.5 Å². The minimum Gasteiger partial charge on any atom is -0.462 e. The van der Waals surface area contributed by atoms with Gasteiger partial charge in [-0.2, -0.15) is 0 Å². The number of carbonyl (C=O) groups excluding carboxylic acids is 2. The van der Waals surface area contributed by atoms with Gasteiger partial charge in [-0.1, -0.05) is 212 Å². The number of phosphoric acid groups is 1. The van der Waals surface area contributed by atoms with Crippen molar-refractivity contribution in [1.82, 2.24) is 0 Å². The van der Waals surface area contributed by atoms with E-state index in [9.17, 15) is 24.2 Å². The fourth-order valence-electron chi connectivity index (χ4n) is 7.28. The number of phosphoric ester groups is 1. The molecule has 3 unspecified atom stereocenters. The van der Waals surface area contributed by atoms with Gasteiger partial charge in [0.25, 0.3) is 0 Å². The summed E-state index contributed by atoms with van der Waals surface area (Å²) in [5.41, 5.74) is 0. The molecule has 10 nitrogen and oxygen atoms in total. The highest BCUT2D eigenvalue weighted by atomic mass is 31.2. The molecule has 0 aromatic rings. The molecule has 0 aromatic carbocycles. The predicted molar refractivity (Wildman–Crippen MR) is 247 cm³/mol. The number of allylic oxidation sites excluding steroid dienone is 2. The van der Waals surface area contributed by atoms with Crippen molar-refractivity contribution in [2.24, 2.45) is 0 Å². The largest absolute Gasteiger partial charge is 0.472 e. The van der Waals surface area contributed by atoms with E-state index in [1.54, 1.807) is 0 Å². The standard InChI is InChI=1S/C49H95O10P/c1-3-5-7-9-11-13-15-17-19-21-23-25-26-28-30-32-34-36-38-40-48(52)56-44-47(45-58-60(54,55)57-43-46(51)42-50)59-49(53)41-39-37-35-33-31-29-27-24-22-20-18-16-14-12-10-8-6-4-2/h20,22,46-47,50-51H,3-19,21,23-45H2,1-2H3,(H,54,55)/b22-20-. The summed E-state index contributed by atoms with van der Waals surface area (Å²) >= 11 is 0. The van der Waals surface area contributed by atoms with Gasteiger partial charge in [-0.15, -0.1) is 0 Å². The second kappa shape index (κ2) is 45.7. The van der Waals surface area contributed by atoms with Crippen LogP contribution >= 0.6 is 7.82 Å². The Morgan fingerprint density at radius 1 is 0.483 bits per heavy atom. The van der Waals surface area contributed by atoms with Crippen molar-refractivity contribution in [3.63, 3.8) is 0 Å². The molecular formula is C49H95O10P. The van der Waals surface area contributed by atoms with Crippen molar-refractivity contribution in [1.29, 1.82) is 0 Å². The molecule has 11 heteroatoms. The number of hydrogen-bond acceptors (Lipinski definition) is 9. The molecular weight excluding hydrogens is 780 g/mol. The first-order chi connectivity index (χ1) is 29.2. The number of aliphatic hydroxyl groups is 2. The van der Waals surface area contributed by atoms with E-state index in [4.69, 9.17) is 23.6 Å². The van der Waals surface area contributed by atoms with Crippen molar-refractivity contribution in [2.75, 3.05) is 26.4 Å². The summed E-state index contributed by atoms with van der Waals surface area (Å²) in [6, 6.07) is 0. The van der Waals surface area contributed by atoms with Crippen molar-refractivity contribution in [3.8, 4) is 0 Å². The van der Waals surface area contributed by atoms with E-state index >= 15 is 0 Å². The molecule has 0 heterocycles. The molecule has 0 radical (unpaired) electrons. The Labute approximate surface area is 368 Å². The average Bonchev–Trinajstić information content (AvgIpc) is 3.24. The Balaban J connectivity index is 4.17. The Hall–Kier alpha value is -1.29. The SMILES string of the molecule is CCCCCCCCC/C=C\CCCCCCCCCC(=O)OC(COC(=O)CCCCCCCCCCCCCCCCCCCCC)COP(=O)(O)OCC(O)CO. The fraction of sp³-hybridized carbons (Fsp3) is 0.918. The van der Waals surface area contributed by atoms with Gasteiger partial charge in [0.05, 0.1) is 19.8 Å². The molecule has 60 heavy (non-hydrogen) atoms. The number of ether oxygens (including phenoxy) is 2. The fourth-order valence-corrected chi connectivity index (χ4v) is 8.07. The Morgan fingerprint density at radius 2 is 0.817 bits per heavy atom. The van der Waals surface area contributed by atoms with E-state index in [2.05, 4.69) is 26.0 Å². The maximum absolute atomic E-state index is 12.7. The topological polar surface area (TPSA) is 149 Å². The van der Waals surface area contributed by atoms with Crippen LogP contribution in [-0.4, -0.2) is 65.7 Å². The maximum atomic E-state index is 12.7. The summed E-state index contributed by atoms with van der Waals surface area (Å²) in [6.07, 6.45) is 46.0. The zero-order chi connectivity index (χ0) is 44.0. The predicted octanol–water partition coefficient (Wildman–Crippen LogP) is 14.0. The lowest BCUT2D eigenvalue weighted by atomic mass is 10.0. The van der Waals surface area contributed by atoms with Crippen LogP contribution in [0.1, 0.15) is 251 Å².